The lowest BCUT2D eigenvalue weighted by Crippen LogP contribution is -2.40. The van der Waals surface area contributed by atoms with Crippen molar-refractivity contribution in [3.63, 3.8) is 0 Å². The summed E-state index contributed by atoms with van der Waals surface area (Å²) in [5.41, 5.74) is 0. The highest BCUT2D eigenvalue weighted by atomic mass is 35.5. The van der Waals surface area contributed by atoms with Crippen molar-refractivity contribution in [2.24, 2.45) is 0 Å². The van der Waals surface area contributed by atoms with Crippen molar-refractivity contribution in [2.75, 3.05) is 6.61 Å². The second kappa shape index (κ2) is 5.97. The summed E-state index contributed by atoms with van der Waals surface area (Å²) in [6, 6.07) is 4.05. The van der Waals surface area contributed by atoms with Crippen molar-refractivity contribution in [1.29, 1.82) is 0 Å². The van der Waals surface area contributed by atoms with Gasteiger partial charge >= 0.3 is 0 Å². The Labute approximate surface area is 123 Å². The van der Waals surface area contributed by atoms with Crippen molar-refractivity contribution in [3.8, 4) is 0 Å². The second-order valence-corrected chi connectivity index (χ2v) is 7.06. The van der Waals surface area contributed by atoms with Gasteiger partial charge in [-0.2, -0.15) is 0 Å². The molecule has 1 aromatic carbocycles. The summed E-state index contributed by atoms with van der Waals surface area (Å²) < 4.78 is 32.6. The van der Waals surface area contributed by atoms with Crippen molar-refractivity contribution in [3.05, 3.63) is 28.2 Å². The Morgan fingerprint density at radius 3 is 2.79 bits per heavy atom. The minimum absolute atomic E-state index is 0.00786. The van der Waals surface area contributed by atoms with E-state index in [0.29, 0.717) is 11.6 Å². The number of sulfonamides is 1. The maximum absolute atomic E-state index is 12.3. The van der Waals surface area contributed by atoms with Crippen LogP contribution in [0.4, 0.5) is 0 Å². The van der Waals surface area contributed by atoms with Crippen LogP contribution >= 0.6 is 23.2 Å². The Hall–Kier alpha value is -0.330. The molecule has 4 nitrogen and oxygen atoms in total. The Bertz CT molecular complexity index is 556. The molecule has 2 rings (SSSR count). The monoisotopic (exact) mass is 323 g/mol. The van der Waals surface area contributed by atoms with Crippen LogP contribution < -0.4 is 4.72 Å². The molecule has 2 atom stereocenters. The highest BCUT2D eigenvalue weighted by Crippen LogP contribution is 2.26. The summed E-state index contributed by atoms with van der Waals surface area (Å²) in [6.45, 7) is 2.46. The van der Waals surface area contributed by atoms with Crippen LogP contribution in [-0.2, 0) is 14.8 Å². The smallest absolute Gasteiger partial charge is 0.242 e. The van der Waals surface area contributed by atoms with E-state index in [0.717, 1.165) is 12.8 Å². The van der Waals surface area contributed by atoms with Crippen molar-refractivity contribution >= 4 is 33.2 Å². The van der Waals surface area contributed by atoms with Crippen LogP contribution in [-0.4, -0.2) is 27.2 Å². The number of halogens is 2. The first-order valence-corrected chi connectivity index (χ1v) is 8.23. The van der Waals surface area contributed by atoms with Crippen LogP contribution in [0, 0.1) is 0 Å². The molecule has 7 heteroatoms. The third kappa shape index (κ3) is 3.61. The first kappa shape index (κ1) is 15.1. The molecule has 1 aliphatic rings. The van der Waals surface area contributed by atoms with Gasteiger partial charge in [-0.1, -0.05) is 23.2 Å². The number of hydrogen-bond acceptors (Lipinski definition) is 3. The predicted molar refractivity (Wildman–Crippen MR) is 75.2 cm³/mol. The SMILES string of the molecule is C[C@@H](NS(=O)(=O)c1cc(Cl)ccc1Cl)[C@H]1CCCO1. The van der Waals surface area contributed by atoms with Gasteiger partial charge in [0.1, 0.15) is 4.90 Å². The van der Waals surface area contributed by atoms with E-state index in [1.807, 2.05) is 0 Å². The fraction of sp³-hybridized carbons (Fsp3) is 0.500. The lowest BCUT2D eigenvalue weighted by molar-refractivity contribution is 0.0902. The lowest BCUT2D eigenvalue weighted by Gasteiger charge is -2.20. The van der Waals surface area contributed by atoms with Gasteiger partial charge in [0, 0.05) is 17.7 Å². The van der Waals surface area contributed by atoms with Gasteiger partial charge in [-0.25, -0.2) is 13.1 Å². The zero-order chi connectivity index (χ0) is 14.0. The highest BCUT2D eigenvalue weighted by molar-refractivity contribution is 7.89. The molecule has 0 aliphatic carbocycles. The molecule has 0 bridgehead atoms. The average molecular weight is 324 g/mol. The minimum Gasteiger partial charge on any atom is -0.377 e. The Morgan fingerprint density at radius 1 is 1.42 bits per heavy atom. The van der Waals surface area contributed by atoms with Gasteiger partial charge in [0.25, 0.3) is 0 Å². The molecule has 0 radical (unpaired) electrons. The number of benzene rings is 1. The van der Waals surface area contributed by atoms with E-state index in [9.17, 15) is 8.42 Å². The predicted octanol–water partition coefficient (Wildman–Crippen LogP) is 2.84. The topological polar surface area (TPSA) is 55.4 Å². The summed E-state index contributed by atoms with van der Waals surface area (Å²) in [5.74, 6) is 0. The Morgan fingerprint density at radius 2 is 2.16 bits per heavy atom. The molecule has 0 aromatic heterocycles. The maximum atomic E-state index is 12.3. The molecular formula is C12H15Cl2NO3S. The molecule has 1 fully saturated rings. The van der Waals surface area contributed by atoms with Gasteiger partial charge in [-0.3, -0.25) is 0 Å². The van der Waals surface area contributed by atoms with E-state index >= 15 is 0 Å². The van der Waals surface area contributed by atoms with Crippen LogP contribution in [0.2, 0.25) is 10.0 Å². The highest BCUT2D eigenvalue weighted by Gasteiger charge is 2.28. The largest absolute Gasteiger partial charge is 0.377 e. The van der Waals surface area contributed by atoms with Crippen molar-refractivity contribution in [1.82, 2.24) is 4.72 Å². The van der Waals surface area contributed by atoms with Gasteiger partial charge in [-0.15, -0.1) is 0 Å². The van der Waals surface area contributed by atoms with Gasteiger partial charge in [0.15, 0.2) is 0 Å². The molecule has 1 aliphatic heterocycles. The summed E-state index contributed by atoms with van der Waals surface area (Å²) in [7, 11) is -3.70. The number of rotatable bonds is 4. The van der Waals surface area contributed by atoms with E-state index in [1.165, 1.54) is 12.1 Å². The number of nitrogens with one attached hydrogen (secondary N) is 1. The normalized spacial score (nSPS) is 21.5. The summed E-state index contributed by atoms with van der Waals surface area (Å²) in [4.78, 5) is -0.00786. The fourth-order valence-electron chi connectivity index (χ4n) is 2.06. The first-order chi connectivity index (χ1) is 8.90. The maximum Gasteiger partial charge on any atom is 0.242 e. The molecule has 1 N–H and O–H groups in total. The average Bonchev–Trinajstić information content (AvgIpc) is 2.85. The molecule has 1 saturated heterocycles. The number of hydrogen-bond donors (Lipinski definition) is 1. The molecule has 0 unspecified atom stereocenters. The van der Waals surface area contributed by atoms with Crippen LogP contribution in [0.3, 0.4) is 0 Å². The van der Waals surface area contributed by atoms with Crippen molar-refractivity contribution in [2.45, 2.75) is 36.8 Å². The Balaban J connectivity index is 2.19. The molecule has 0 spiro atoms. The third-order valence-electron chi connectivity index (χ3n) is 3.05. The van der Waals surface area contributed by atoms with Gasteiger partial charge in [0.2, 0.25) is 10.0 Å². The number of ether oxygens (including phenoxy) is 1. The zero-order valence-corrected chi connectivity index (χ0v) is 12.7. The molecule has 0 amide bonds. The molecule has 1 aromatic rings. The second-order valence-electron chi connectivity index (χ2n) is 4.54. The summed E-state index contributed by atoms with van der Waals surface area (Å²) in [5, 5.41) is 0.478. The first-order valence-electron chi connectivity index (χ1n) is 5.99. The van der Waals surface area contributed by atoms with Crippen LogP contribution in [0.1, 0.15) is 19.8 Å². The van der Waals surface area contributed by atoms with Gasteiger partial charge in [0.05, 0.1) is 11.1 Å². The van der Waals surface area contributed by atoms with E-state index in [4.69, 9.17) is 27.9 Å². The van der Waals surface area contributed by atoms with E-state index in [2.05, 4.69) is 4.72 Å². The lowest BCUT2D eigenvalue weighted by atomic mass is 10.1. The third-order valence-corrected chi connectivity index (χ3v) is 5.32. The van der Waals surface area contributed by atoms with Gasteiger partial charge < -0.3 is 4.74 Å². The van der Waals surface area contributed by atoms with Gasteiger partial charge in [-0.05, 0) is 38.0 Å². The molecule has 106 valence electrons. The standard InChI is InChI=1S/C12H15Cl2NO3S/c1-8(11-3-2-6-18-11)15-19(16,17)12-7-9(13)4-5-10(12)14/h4-5,7-8,11,15H,2-3,6H2,1H3/t8-,11-/m1/s1. The molecular weight excluding hydrogens is 309 g/mol. The molecule has 1 heterocycles. The van der Waals surface area contributed by atoms with Crippen molar-refractivity contribution < 1.29 is 13.2 Å². The molecule has 19 heavy (non-hydrogen) atoms. The van der Waals surface area contributed by atoms with Crippen LogP contribution in [0.5, 0.6) is 0 Å². The zero-order valence-electron chi connectivity index (χ0n) is 10.4. The Kier molecular flexibility index (Phi) is 4.74. The quantitative estimate of drug-likeness (QED) is 0.926. The summed E-state index contributed by atoms with van der Waals surface area (Å²) >= 11 is 11.7. The van der Waals surface area contributed by atoms with E-state index in [1.54, 1.807) is 13.0 Å². The molecule has 0 saturated carbocycles. The van der Waals surface area contributed by atoms with Crippen LogP contribution in [0.15, 0.2) is 23.1 Å². The van der Waals surface area contributed by atoms with E-state index < -0.39 is 10.0 Å². The summed E-state index contributed by atoms with van der Waals surface area (Å²) in [6.07, 6.45) is 1.72. The van der Waals surface area contributed by atoms with Crippen LogP contribution in [0.25, 0.3) is 0 Å². The van der Waals surface area contributed by atoms with E-state index in [-0.39, 0.29) is 22.1 Å². The minimum atomic E-state index is -3.70. The fourth-order valence-corrected chi connectivity index (χ4v) is 4.10.